The first-order valence-corrected chi connectivity index (χ1v) is 6.10. The minimum absolute atomic E-state index is 0.193. The van der Waals surface area contributed by atoms with Gasteiger partial charge < -0.3 is 9.64 Å². The van der Waals surface area contributed by atoms with Gasteiger partial charge in [0.25, 0.3) is 0 Å². The quantitative estimate of drug-likeness (QED) is 0.806. The van der Waals surface area contributed by atoms with Crippen molar-refractivity contribution < 1.29 is 22.7 Å². The summed E-state index contributed by atoms with van der Waals surface area (Å²) >= 11 is 0. The number of halogens is 3. The van der Waals surface area contributed by atoms with Crippen LogP contribution in [0.15, 0.2) is 24.3 Å². The number of carbonyl (C=O) groups excluding carboxylic acids is 1. The molecule has 1 amide bonds. The van der Waals surface area contributed by atoms with Crippen molar-refractivity contribution in [1.82, 2.24) is 25.1 Å². The van der Waals surface area contributed by atoms with Crippen LogP contribution in [0.4, 0.5) is 18.0 Å². The van der Waals surface area contributed by atoms with Crippen molar-refractivity contribution in [2.24, 2.45) is 0 Å². The zero-order valence-electron chi connectivity index (χ0n) is 11.7. The van der Waals surface area contributed by atoms with Crippen molar-refractivity contribution in [1.29, 1.82) is 0 Å². The molecule has 0 N–H and O–H groups in total. The summed E-state index contributed by atoms with van der Waals surface area (Å²) in [6, 6.07) is 4.84. The first-order chi connectivity index (χ1) is 10.3. The SMILES string of the molecule is CN(C)C(=O)n1nnnc1Cc1ccc(OC(F)(F)F)cc1. The van der Waals surface area contributed by atoms with Gasteiger partial charge >= 0.3 is 12.4 Å². The van der Waals surface area contributed by atoms with Gasteiger partial charge in [-0.3, -0.25) is 0 Å². The van der Waals surface area contributed by atoms with Gasteiger partial charge in [-0.1, -0.05) is 12.1 Å². The third-order valence-electron chi connectivity index (χ3n) is 2.62. The van der Waals surface area contributed by atoms with Crippen LogP contribution in [0.2, 0.25) is 0 Å². The maximum Gasteiger partial charge on any atom is 0.573 e. The molecule has 1 aromatic heterocycles. The number of hydrogen-bond acceptors (Lipinski definition) is 5. The van der Waals surface area contributed by atoms with Gasteiger partial charge in [0.15, 0.2) is 5.82 Å². The highest BCUT2D eigenvalue weighted by molar-refractivity contribution is 5.75. The first-order valence-electron chi connectivity index (χ1n) is 6.10. The van der Waals surface area contributed by atoms with Gasteiger partial charge in [-0.25, -0.2) is 4.79 Å². The zero-order valence-corrected chi connectivity index (χ0v) is 11.7. The first kappa shape index (κ1) is 15.7. The molecule has 0 spiro atoms. The summed E-state index contributed by atoms with van der Waals surface area (Å²) in [4.78, 5) is 13.1. The Kier molecular flexibility index (Phi) is 4.29. The lowest BCUT2D eigenvalue weighted by atomic mass is 10.1. The molecule has 0 aliphatic carbocycles. The van der Waals surface area contributed by atoms with Gasteiger partial charge in [0, 0.05) is 20.5 Å². The monoisotopic (exact) mass is 315 g/mol. The summed E-state index contributed by atoms with van der Waals surface area (Å²) in [5.74, 6) is -0.0385. The van der Waals surface area contributed by atoms with Crippen LogP contribution in [0.3, 0.4) is 0 Å². The molecule has 0 atom stereocenters. The number of hydrogen-bond donors (Lipinski definition) is 0. The van der Waals surface area contributed by atoms with Gasteiger partial charge in [0.05, 0.1) is 0 Å². The molecule has 2 rings (SSSR count). The third-order valence-corrected chi connectivity index (χ3v) is 2.62. The molecule has 0 fully saturated rings. The van der Waals surface area contributed by atoms with E-state index in [2.05, 4.69) is 20.3 Å². The number of alkyl halides is 3. The van der Waals surface area contributed by atoms with Gasteiger partial charge in [0.1, 0.15) is 5.75 Å². The summed E-state index contributed by atoms with van der Waals surface area (Å²) in [6.45, 7) is 0. The van der Waals surface area contributed by atoms with Crippen molar-refractivity contribution in [2.45, 2.75) is 12.8 Å². The minimum Gasteiger partial charge on any atom is -0.406 e. The molecular formula is C12H12F3N5O2. The van der Waals surface area contributed by atoms with Crippen LogP contribution in [0.1, 0.15) is 11.4 Å². The molecule has 0 aliphatic heterocycles. The maximum absolute atomic E-state index is 12.1. The van der Waals surface area contributed by atoms with E-state index in [-0.39, 0.29) is 18.0 Å². The van der Waals surface area contributed by atoms with Crippen molar-refractivity contribution in [2.75, 3.05) is 14.1 Å². The molecule has 0 bridgehead atoms. The second-order valence-electron chi connectivity index (χ2n) is 4.55. The number of amides is 1. The number of rotatable bonds is 3. The smallest absolute Gasteiger partial charge is 0.406 e. The fourth-order valence-corrected chi connectivity index (χ4v) is 1.65. The van der Waals surface area contributed by atoms with E-state index < -0.39 is 12.4 Å². The van der Waals surface area contributed by atoms with Crippen LogP contribution >= 0.6 is 0 Å². The minimum atomic E-state index is -4.73. The number of tetrazole rings is 1. The van der Waals surface area contributed by atoms with Crippen LogP contribution in [0.5, 0.6) is 5.75 Å². The van der Waals surface area contributed by atoms with Crippen LogP contribution in [0, 0.1) is 0 Å². The lowest BCUT2D eigenvalue weighted by Crippen LogP contribution is -2.29. The number of aromatic nitrogens is 4. The zero-order chi connectivity index (χ0) is 16.3. The van der Waals surface area contributed by atoms with Crippen molar-refractivity contribution in [3.8, 4) is 5.75 Å². The Morgan fingerprint density at radius 2 is 1.91 bits per heavy atom. The fourth-order valence-electron chi connectivity index (χ4n) is 1.65. The topological polar surface area (TPSA) is 73.1 Å². The van der Waals surface area contributed by atoms with E-state index in [1.165, 1.54) is 29.2 Å². The Bertz CT molecular complexity index is 652. The lowest BCUT2D eigenvalue weighted by Gasteiger charge is -2.11. The van der Waals surface area contributed by atoms with E-state index >= 15 is 0 Å². The normalized spacial score (nSPS) is 11.3. The molecule has 0 unspecified atom stereocenters. The van der Waals surface area contributed by atoms with Crippen LogP contribution in [-0.4, -0.2) is 51.6 Å². The fraction of sp³-hybridized carbons (Fsp3) is 0.333. The Morgan fingerprint density at radius 1 is 1.27 bits per heavy atom. The highest BCUT2D eigenvalue weighted by Crippen LogP contribution is 2.23. The molecule has 1 aromatic carbocycles. The van der Waals surface area contributed by atoms with E-state index in [1.54, 1.807) is 14.1 Å². The molecule has 0 saturated heterocycles. The van der Waals surface area contributed by atoms with Crippen LogP contribution in [-0.2, 0) is 6.42 Å². The van der Waals surface area contributed by atoms with Crippen molar-refractivity contribution in [3.63, 3.8) is 0 Å². The maximum atomic E-state index is 12.1. The van der Waals surface area contributed by atoms with Gasteiger partial charge in [-0.2, -0.15) is 0 Å². The number of carbonyl (C=O) groups is 1. The lowest BCUT2D eigenvalue weighted by molar-refractivity contribution is -0.274. The van der Waals surface area contributed by atoms with Gasteiger partial charge in [-0.05, 0) is 28.1 Å². The van der Waals surface area contributed by atoms with Crippen LogP contribution in [0.25, 0.3) is 0 Å². The Morgan fingerprint density at radius 3 is 2.45 bits per heavy atom. The molecule has 10 heteroatoms. The predicted molar refractivity (Wildman–Crippen MR) is 68.2 cm³/mol. The second-order valence-corrected chi connectivity index (χ2v) is 4.55. The molecule has 7 nitrogen and oxygen atoms in total. The molecule has 1 heterocycles. The van der Waals surface area contributed by atoms with Gasteiger partial charge in [0.2, 0.25) is 0 Å². The summed E-state index contributed by atoms with van der Waals surface area (Å²) < 4.78 is 41.0. The highest BCUT2D eigenvalue weighted by atomic mass is 19.4. The standard InChI is InChI=1S/C12H12F3N5O2/c1-19(2)11(21)20-10(16-17-18-20)7-8-3-5-9(6-4-8)22-12(13,14)15/h3-6H,7H2,1-2H3. The average Bonchev–Trinajstić information content (AvgIpc) is 2.86. The highest BCUT2D eigenvalue weighted by Gasteiger charge is 2.31. The van der Waals surface area contributed by atoms with E-state index in [1.807, 2.05) is 0 Å². The molecule has 118 valence electrons. The van der Waals surface area contributed by atoms with E-state index in [9.17, 15) is 18.0 Å². The van der Waals surface area contributed by atoms with Crippen molar-refractivity contribution in [3.05, 3.63) is 35.7 Å². The molecule has 2 aromatic rings. The number of ether oxygens (including phenoxy) is 1. The Balaban J connectivity index is 2.12. The van der Waals surface area contributed by atoms with E-state index in [4.69, 9.17) is 0 Å². The number of nitrogens with zero attached hydrogens (tertiary/aromatic N) is 5. The molecule has 0 radical (unpaired) electrons. The summed E-state index contributed by atoms with van der Waals surface area (Å²) in [7, 11) is 3.11. The van der Waals surface area contributed by atoms with Crippen molar-refractivity contribution >= 4 is 6.03 Å². The summed E-state index contributed by atoms with van der Waals surface area (Å²) in [5, 5.41) is 10.8. The van der Waals surface area contributed by atoms with Crippen LogP contribution < -0.4 is 4.74 Å². The summed E-state index contributed by atoms with van der Waals surface area (Å²) in [6.07, 6.45) is -4.54. The van der Waals surface area contributed by atoms with E-state index in [0.29, 0.717) is 5.56 Å². The molecule has 22 heavy (non-hydrogen) atoms. The van der Waals surface area contributed by atoms with E-state index in [0.717, 1.165) is 4.68 Å². The Labute approximate surface area is 123 Å². The molecule has 0 saturated carbocycles. The largest absolute Gasteiger partial charge is 0.573 e. The molecule has 0 aliphatic rings. The third kappa shape index (κ3) is 3.93. The summed E-state index contributed by atoms with van der Waals surface area (Å²) in [5.41, 5.74) is 0.636. The predicted octanol–water partition coefficient (Wildman–Crippen LogP) is 1.69. The average molecular weight is 315 g/mol. The van der Waals surface area contributed by atoms with Gasteiger partial charge in [-0.15, -0.1) is 23.0 Å². The molecular weight excluding hydrogens is 303 g/mol. The second kappa shape index (κ2) is 6.00. The Hall–Kier alpha value is -2.65. The number of benzene rings is 1.